The summed E-state index contributed by atoms with van der Waals surface area (Å²) in [5, 5.41) is 1.19. The third kappa shape index (κ3) is 3.04. The topological polar surface area (TPSA) is 36.4 Å². The van der Waals surface area contributed by atoms with Crippen molar-refractivity contribution in [1.29, 1.82) is 0 Å². The summed E-state index contributed by atoms with van der Waals surface area (Å²) in [4.78, 5) is 21.4. The molecule has 0 N–H and O–H groups in total. The van der Waals surface area contributed by atoms with Crippen LogP contribution in [0.4, 0.5) is 0 Å². The number of rotatable bonds is 2. The fourth-order valence-corrected chi connectivity index (χ4v) is 3.00. The molecule has 0 atom stereocenters. The van der Waals surface area contributed by atoms with E-state index >= 15 is 0 Å². The number of amides is 1. The SMILES string of the molecule is CC(=O)N1CCN(Cc2nc(C)c(C)s2)CC1. The van der Waals surface area contributed by atoms with Crippen molar-refractivity contribution in [3.05, 3.63) is 15.6 Å². The summed E-state index contributed by atoms with van der Waals surface area (Å²) in [5.74, 6) is 0.186. The molecule has 0 radical (unpaired) electrons. The second kappa shape index (κ2) is 5.14. The number of piperazine rings is 1. The summed E-state index contributed by atoms with van der Waals surface area (Å²) in [6.07, 6.45) is 0. The Balaban J connectivity index is 1.88. The van der Waals surface area contributed by atoms with Crippen LogP contribution in [0.1, 0.15) is 22.5 Å². The summed E-state index contributed by atoms with van der Waals surface area (Å²) in [6, 6.07) is 0. The highest BCUT2D eigenvalue weighted by atomic mass is 32.1. The van der Waals surface area contributed by atoms with E-state index in [-0.39, 0.29) is 5.91 Å². The molecule has 0 aliphatic carbocycles. The third-order valence-corrected chi connectivity index (χ3v) is 4.31. The molecule has 94 valence electrons. The maximum atomic E-state index is 11.2. The predicted octanol–water partition coefficient (Wildman–Crippen LogP) is 1.42. The van der Waals surface area contributed by atoms with Gasteiger partial charge in [0.15, 0.2) is 0 Å². The number of nitrogens with zero attached hydrogens (tertiary/aromatic N) is 3. The van der Waals surface area contributed by atoms with Crippen molar-refractivity contribution in [2.24, 2.45) is 0 Å². The predicted molar refractivity (Wildman–Crippen MR) is 69.1 cm³/mol. The van der Waals surface area contributed by atoms with Crippen LogP contribution in [-0.4, -0.2) is 46.9 Å². The van der Waals surface area contributed by atoms with Crippen molar-refractivity contribution in [1.82, 2.24) is 14.8 Å². The van der Waals surface area contributed by atoms with E-state index in [9.17, 15) is 4.79 Å². The van der Waals surface area contributed by atoms with Crippen LogP contribution in [0, 0.1) is 13.8 Å². The van der Waals surface area contributed by atoms with E-state index in [1.807, 2.05) is 4.90 Å². The highest BCUT2D eigenvalue weighted by molar-refractivity contribution is 7.11. The van der Waals surface area contributed by atoms with Crippen molar-refractivity contribution in [2.75, 3.05) is 26.2 Å². The minimum absolute atomic E-state index is 0.186. The Bertz CT molecular complexity index is 388. The zero-order valence-electron chi connectivity index (χ0n) is 10.7. The Kier molecular flexibility index (Phi) is 3.79. The molecule has 0 bridgehead atoms. The lowest BCUT2D eigenvalue weighted by Gasteiger charge is -2.33. The van der Waals surface area contributed by atoms with E-state index in [0.29, 0.717) is 0 Å². The number of hydrogen-bond acceptors (Lipinski definition) is 4. The molecule has 4 nitrogen and oxygen atoms in total. The number of carbonyl (C=O) groups excluding carboxylic acids is 1. The molecule has 2 heterocycles. The first-order valence-electron chi connectivity index (χ1n) is 5.97. The summed E-state index contributed by atoms with van der Waals surface area (Å²) < 4.78 is 0. The zero-order valence-corrected chi connectivity index (χ0v) is 11.5. The van der Waals surface area contributed by atoms with Crippen molar-refractivity contribution in [2.45, 2.75) is 27.3 Å². The lowest BCUT2D eigenvalue weighted by Crippen LogP contribution is -2.47. The molecular weight excluding hydrogens is 234 g/mol. The highest BCUT2D eigenvalue weighted by Gasteiger charge is 2.19. The van der Waals surface area contributed by atoms with E-state index in [1.165, 1.54) is 9.88 Å². The number of thiazole rings is 1. The Morgan fingerprint density at radius 3 is 2.41 bits per heavy atom. The Morgan fingerprint density at radius 1 is 1.29 bits per heavy atom. The number of aryl methyl sites for hydroxylation is 2. The van der Waals surface area contributed by atoms with Gasteiger partial charge in [0.05, 0.1) is 12.2 Å². The molecule has 1 amide bonds. The second-order valence-corrected chi connectivity index (χ2v) is 5.82. The van der Waals surface area contributed by atoms with E-state index in [4.69, 9.17) is 0 Å². The van der Waals surface area contributed by atoms with Gasteiger partial charge in [0, 0.05) is 38.0 Å². The average molecular weight is 253 g/mol. The van der Waals surface area contributed by atoms with Crippen molar-refractivity contribution < 1.29 is 4.79 Å². The Hall–Kier alpha value is -0.940. The van der Waals surface area contributed by atoms with Gasteiger partial charge in [0.1, 0.15) is 5.01 Å². The van der Waals surface area contributed by atoms with Gasteiger partial charge in [-0.15, -0.1) is 11.3 Å². The van der Waals surface area contributed by atoms with Gasteiger partial charge in [0.25, 0.3) is 0 Å². The molecule has 0 saturated carbocycles. The summed E-state index contributed by atoms with van der Waals surface area (Å²) >= 11 is 1.78. The number of hydrogen-bond donors (Lipinski definition) is 0. The Morgan fingerprint density at radius 2 is 1.94 bits per heavy atom. The monoisotopic (exact) mass is 253 g/mol. The molecule has 1 aliphatic rings. The first-order chi connectivity index (χ1) is 8.06. The molecule has 0 spiro atoms. The minimum atomic E-state index is 0.186. The van der Waals surface area contributed by atoms with Crippen LogP contribution in [-0.2, 0) is 11.3 Å². The lowest BCUT2D eigenvalue weighted by molar-refractivity contribution is -0.130. The summed E-state index contributed by atoms with van der Waals surface area (Å²) in [6.45, 7) is 10.3. The van der Waals surface area contributed by atoms with Gasteiger partial charge in [-0.05, 0) is 13.8 Å². The van der Waals surface area contributed by atoms with E-state index in [0.717, 1.165) is 38.4 Å². The van der Waals surface area contributed by atoms with Gasteiger partial charge in [-0.1, -0.05) is 0 Å². The van der Waals surface area contributed by atoms with Gasteiger partial charge in [-0.2, -0.15) is 0 Å². The molecule has 0 aromatic carbocycles. The van der Waals surface area contributed by atoms with Gasteiger partial charge in [-0.3, -0.25) is 9.69 Å². The maximum absolute atomic E-state index is 11.2. The highest BCUT2D eigenvalue weighted by Crippen LogP contribution is 2.18. The van der Waals surface area contributed by atoms with Gasteiger partial charge in [-0.25, -0.2) is 4.98 Å². The zero-order chi connectivity index (χ0) is 12.4. The molecule has 1 aliphatic heterocycles. The molecule has 2 rings (SSSR count). The molecule has 1 aromatic rings. The van der Waals surface area contributed by atoms with Crippen molar-refractivity contribution in [3.63, 3.8) is 0 Å². The van der Waals surface area contributed by atoms with Crippen LogP contribution in [0.25, 0.3) is 0 Å². The average Bonchev–Trinajstić information content (AvgIpc) is 2.58. The van der Waals surface area contributed by atoms with E-state index in [2.05, 4.69) is 23.7 Å². The number of carbonyl (C=O) groups is 1. The van der Waals surface area contributed by atoms with E-state index < -0.39 is 0 Å². The molecular formula is C12H19N3OS. The van der Waals surface area contributed by atoms with Crippen LogP contribution < -0.4 is 0 Å². The fourth-order valence-electron chi connectivity index (χ4n) is 2.02. The fraction of sp³-hybridized carbons (Fsp3) is 0.667. The standard InChI is InChI=1S/C12H19N3OS/c1-9-10(2)17-12(13-9)8-14-4-6-15(7-5-14)11(3)16/h4-8H2,1-3H3. The number of aromatic nitrogens is 1. The van der Waals surface area contributed by atoms with Crippen LogP contribution in [0.3, 0.4) is 0 Å². The van der Waals surface area contributed by atoms with Crippen LogP contribution in [0.2, 0.25) is 0 Å². The lowest BCUT2D eigenvalue weighted by atomic mass is 10.3. The smallest absolute Gasteiger partial charge is 0.219 e. The van der Waals surface area contributed by atoms with Crippen LogP contribution in [0.5, 0.6) is 0 Å². The first-order valence-corrected chi connectivity index (χ1v) is 6.78. The summed E-state index contributed by atoms with van der Waals surface area (Å²) in [5.41, 5.74) is 1.15. The molecule has 1 aromatic heterocycles. The second-order valence-electron chi connectivity index (χ2n) is 4.53. The quantitative estimate of drug-likeness (QED) is 0.800. The molecule has 1 fully saturated rings. The van der Waals surface area contributed by atoms with Crippen LogP contribution in [0.15, 0.2) is 0 Å². The Labute approximate surface area is 106 Å². The molecule has 1 saturated heterocycles. The van der Waals surface area contributed by atoms with Gasteiger partial charge < -0.3 is 4.90 Å². The molecule has 0 unspecified atom stereocenters. The summed E-state index contributed by atoms with van der Waals surface area (Å²) in [7, 11) is 0. The minimum Gasteiger partial charge on any atom is -0.340 e. The van der Waals surface area contributed by atoms with Crippen molar-refractivity contribution >= 4 is 17.2 Å². The van der Waals surface area contributed by atoms with Crippen LogP contribution >= 0.6 is 11.3 Å². The molecule has 5 heteroatoms. The normalized spacial score (nSPS) is 17.5. The largest absolute Gasteiger partial charge is 0.340 e. The third-order valence-electron chi connectivity index (χ3n) is 3.25. The first kappa shape index (κ1) is 12.5. The van der Waals surface area contributed by atoms with Gasteiger partial charge >= 0.3 is 0 Å². The molecule has 17 heavy (non-hydrogen) atoms. The maximum Gasteiger partial charge on any atom is 0.219 e. The van der Waals surface area contributed by atoms with E-state index in [1.54, 1.807) is 18.3 Å². The van der Waals surface area contributed by atoms with Crippen molar-refractivity contribution in [3.8, 4) is 0 Å². The van der Waals surface area contributed by atoms with Gasteiger partial charge in [0.2, 0.25) is 5.91 Å².